The zero-order valence-electron chi connectivity index (χ0n) is 12.3. The lowest BCUT2D eigenvalue weighted by Gasteiger charge is -2.21. The molecule has 19 heavy (non-hydrogen) atoms. The van der Waals surface area contributed by atoms with Gasteiger partial charge in [0, 0.05) is 13.1 Å². The Morgan fingerprint density at radius 1 is 1.16 bits per heavy atom. The van der Waals surface area contributed by atoms with Crippen LogP contribution >= 0.6 is 0 Å². The van der Waals surface area contributed by atoms with E-state index in [1.165, 1.54) is 0 Å². The summed E-state index contributed by atoms with van der Waals surface area (Å²) in [5.74, 6) is 6.64. The van der Waals surface area contributed by atoms with Crippen LogP contribution in [0.15, 0.2) is 0 Å². The molecule has 1 aromatic rings. The van der Waals surface area contributed by atoms with E-state index in [-0.39, 0.29) is 6.10 Å². The van der Waals surface area contributed by atoms with Gasteiger partial charge < -0.3 is 9.64 Å². The van der Waals surface area contributed by atoms with E-state index < -0.39 is 0 Å². The van der Waals surface area contributed by atoms with E-state index in [1.807, 2.05) is 25.7 Å². The van der Waals surface area contributed by atoms with Crippen molar-refractivity contribution in [2.24, 2.45) is 11.8 Å². The first-order chi connectivity index (χ1) is 9.01. The predicted molar refractivity (Wildman–Crippen MR) is 76.1 cm³/mol. The number of nitrogens with zero attached hydrogens (tertiary/aromatic N) is 4. The van der Waals surface area contributed by atoms with Crippen molar-refractivity contribution >= 4 is 11.9 Å². The second kappa shape index (κ2) is 7.08. The number of hydrazine groups is 1. The Kier molecular flexibility index (Phi) is 5.75. The quantitative estimate of drug-likeness (QED) is 0.571. The maximum absolute atomic E-state index is 5.71. The third kappa shape index (κ3) is 4.20. The molecule has 0 amide bonds. The minimum Gasteiger partial charge on any atom is -0.460 e. The molecule has 0 aliphatic rings. The number of ether oxygens (including phenoxy) is 1. The fourth-order valence-electron chi connectivity index (χ4n) is 1.41. The second-order valence-electron chi connectivity index (χ2n) is 4.63. The van der Waals surface area contributed by atoms with E-state index in [0.29, 0.717) is 23.8 Å². The Bertz CT molecular complexity index is 394. The van der Waals surface area contributed by atoms with E-state index in [9.17, 15) is 0 Å². The first-order valence-electron chi connectivity index (χ1n) is 6.66. The summed E-state index contributed by atoms with van der Waals surface area (Å²) in [5.41, 5.74) is 2.44. The predicted octanol–water partition coefficient (Wildman–Crippen LogP) is 1.43. The molecule has 0 aliphatic carbocycles. The monoisotopic (exact) mass is 268 g/mol. The second-order valence-corrected chi connectivity index (χ2v) is 4.63. The minimum absolute atomic E-state index is 0.0255. The molecule has 0 bridgehead atoms. The summed E-state index contributed by atoms with van der Waals surface area (Å²) < 4.78 is 5.71. The van der Waals surface area contributed by atoms with Crippen LogP contribution in [0, 0.1) is 5.92 Å². The van der Waals surface area contributed by atoms with Crippen LogP contribution in [0.5, 0.6) is 6.01 Å². The van der Waals surface area contributed by atoms with Crippen LogP contribution in [0.1, 0.15) is 34.6 Å². The summed E-state index contributed by atoms with van der Waals surface area (Å²) in [6, 6.07) is 0.297. The molecule has 1 aromatic heterocycles. The van der Waals surface area contributed by atoms with Crippen LogP contribution in [-0.4, -0.2) is 34.1 Å². The van der Waals surface area contributed by atoms with Crippen molar-refractivity contribution in [3.63, 3.8) is 0 Å². The van der Waals surface area contributed by atoms with Crippen molar-refractivity contribution < 1.29 is 4.74 Å². The molecule has 0 aromatic carbocycles. The SMILES string of the molecule is CCN(CC)c1nc(NN)nc(OC(C)C(C)C)n1. The molecule has 1 rings (SSSR count). The Hall–Kier alpha value is -1.63. The number of anilines is 2. The molecule has 7 heteroatoms. The van der Waals surface area contributed by atoms with Crippen LogP contribution in [0.25, 0.3) is 0 Å². The maximum atomic E-state index is 5.71. The van der Waals surface area contributed by atoms with Crippen LogP contribution in [0.3, 0.4) is 0 Å². The highest BCUT2D eigenvalue weighted by atomic mass is 16.5. The Morgan fingerprint density at radius 2 is 1.79 bits per heavy atom. The topological polar surface area (TPSA) is 89.2 Å². The summed E-state index contributed by atoms with van der Waals surface area (Å²) in [6.45, 7) is 11.9. The highest BCUT2D eigenvalue weighted by molar-refractivity contribution is 5.37. The molecule has 0 saturated carbocycles. The van der Waals surface area contributed by atoms with Crippen LogP contribution in [-0.2, 0) is 0 Å². The lowest BCUT2D eigenvalue weighted by Crippen LogP contribution is -2.27. The fraction of sp³-hybridized carbons (Fsp3) is 0.750. The summed E-state index contributed by atoms with van der Waals surface area (Å²) in [4.78, 5) is 14.7. The highest BCUT2D eigenvalue weighted by Gasteiger charge is 2.15. The summed E-state index contributed by atoms with van der Waals surface area (Å²) in [5, 5.41) is 0. The van der Waals surface area contributed by atoms with Gasteiger partial charge in [-0.3, -0.25) is 5.43 Å². The molecule has 0 fully saturated rings. The van der Waals surface area contributed by atoms with Crippen LogP contribution in [0.2, 0.25) is 0 Å². The van der Waals surface area contributed by atoms with Crippen molar-refractivity contribution in [3.8, 4) is 6.01 Å². The van der Waals surface area contributed by atoms with Crippen molar-refractivity contribution in [1.82, 2.24) is 15.0 Å². The molecule has 7 nitrogen and oxygen atoms in total. The van der Waals surface area contributed by atoms with E-state index in [0.717, 1.165) is 13.1 Å². The summed E-state index contributed by atoms with van der Waals surface area (Å²) in [7, 11) is 0. The number of aromatic nitrogens is 3. The Balaban J connectivity index is 3.01. The van der Waals surface area contributed by atoms with Gasteiger partial charge in [-0.2, -0.15) is 15.0 Å². The average molecular weight is 268 g/mol. The van der Waals surface area contributed by atoms with Crippen molar-refractivity contribution in [3.05, 3.63) is 0 Å². The fourth-order valence-corrected chi connectivity index (χ4v) is 1.41. The number of rotatable bonds is 7. The van der Waals surface area contributed by atoms with Gasteiger partial charge in [0.15, 0.2) is 0 Å². The van der Waals surface area contributed by atoms with Gasteiger partial charge in [0.05, 0.1) is 0 Å². The average Bonchev–Trinajstić information content (AvgIpc) is 2.39. The molecule has 3 N–H and O–H groups in total. The molecule has 1 heterocycles. The lowest BCUT2D eigenvalue weighted by molar-refractivity contribution is 0.156. The minimum atomic E-state index is 0.0255. The van der Waals surface area contributed by atoms with Gasteiger partial charge in [0.2, 0.25) is 11.9 Å². The van der Waals surface area contributed by atoms with Crippen molar-refractivity contribution in [1.29, 1.82) is 0 Å². The molecule has 0 radical (unpaired) electrons. The van der Waals surface area contributed by atoms with E-state index in [2.05, 4.69) is 34.2 Å². The van der Waals surface area contributed by atoms with Gasteiger partial charge in [-0.15, -0.1) is 0 Å². The molecule has 0 spiro atoms. The molecule has 0 aliphatic heterocycles. The van der Waals surface area contributed by atoms with Crippen LogP contribution in [0.4, 0.5) is 11.9 Å². The molecule has 0 saturated heterocycles. The normalized spacial score (nSPS) is 12.4. The smallest absolute Gasteiger partial charge is 0.323 e. The largest absolute Gasteiger partial charge is 0.460 e. The van der Waals surface area contributed by atoms with Crippen LogP contribution < -0.4 is 20.9 Å². The third-order valence-electron chi connectivity index (χ3n) is 3.01. The van der Waals surface area contributed by atoms with Gasteiger partial charge in [0.1, 0.15) is 6.10 Å². The zero-order chi connectivity index (χ0) is 14.4. The molecule has 108 valence electrons. The van der Waals surface area contributed by atoms with Crippen molar-refractivity contribution in [2.45, 2.75) is 40.7 Å². The van der Waals surface area contributed by atoms with E-state index >= 15 is 0 Å². The number of hydrogen-bond donors (Lipinski definition) is 2. The maximum Gasteiger partial charge on any atom is 0.323 e. The van der Waals surface area contributed by atoms with E-state index in [1.54, 1.807) is 0 Å². The van der Waals surface area contributed by atoms with Gasteiger partial charge in [-0.1, -0.05) is 13.8 Å². The Labute approximate surface area is 114 Å². The number of nitrogen functional groups attached to an aromatic ring is 1. The summed E-state index contributed by atoms with van der Waals surface area (Å²) >= 11 is 0. The third-order valence-corrected chi connectivity index (χ3v) is 3.01. The molecule has 1 unspecified atom stereocenters. The summed E-state index contributed by atoms with van der Waals surface area (Å²) in [6.07, 6.45) is 0.0255. The standard InChI is InChI=1S/C12H24N6O/c1-6-18(7-2)11-14-10(17-13)15-12(16-11)19-9(5)8(3)4/h8-9H,6-7,13H2,1-5H3,(H,14,15,16,17). The molecular weight excluding hydrogens is 244 g/mol. The van der Waals surface area contributed by atoms with Gasteiger partial charge >= 0.3 is 6.01 Å². The molecule has 1 atom stereocenters. The zero-order valence-corrected chi connectivity index (χ0v) is 12.3. The van der Waals surface area contributed by atoms with Gasteiger partial charge in [-0.25, -0.2) is 5.84 Å². The first-order valence-corrected chi connectivity index (χ1v) is 6.66. The number of nitrogens with two attached hydrogens (primary N) is 1. The highest BCUT2D eigenvalue weighted by Crippen LogP contribution is 2.17. The first kappa shape index (κ1) is 15.4. The van der Waals surface area contributed by atoms with Gasteiger partial charge in [0.25, 0.3) is 0 Å². The Morgan fingerprint density at radius 3 is 2.26 bits per heavy atom. The number of hydrogen-bond acceptors (Lipinski definition) is 7. The van der Waals surface area contributed by atoms with Crippen molar-refractivity contribution in [2.75, 3.05) is 23.4 Å². The molecular formula is C12H24N6O. The van der Waals surface area contributed by atoms with Gasteiger partial charge in [-0.05, 0) is 26.7 Å². The number of nitrogens with one attached hydrogen (secondary N) is 1. The lowest BCUT2D eigenvalue weighted by atomic mass is 10.1. The van der Waals surface area contributed by atoms with E-state index in [4.69, 9.17) is 10.6 Å².